The molecule has 0 rings (SSSR count). The van der Waals surface area contributed by atoms with Crippen LogP contribution >= 0.6 is 11.8 Å². The molecule has 0 saturated heterocycles. The van der Waals surface area contributed by atoms with E-state index in [0.29, 0.717) is 6.04 Å². The van der Waals surface area contributed by atoms with Crippen LogP contribution in [-0.4, -0.2) is 23.6 Å². The summed E-state index contributed by atoms with van der Waals surface area (Å²) in [5, 5.41) is 4.35. The van der Waals surface area contributed by atoms with Gasteiger partial charge in [-0.1, -0.05) is 27.2 Å². The molecule has 86 valence electrons. The standard InChI is InChI=1S/C12H27NS/c1-5-7-9-14-12(4)10-11(3)13-8-6-2/h11-13H,5-10H2,1-4H3. The highest BCUT2D eigenvalue weighted by Gasteiger charge is 2.07. The minimum Gasteiger partial charge on any atom is -0.314 e. The number of hydrogen-bond acceptors (Lipinski definition) is 2. The van der Waals surface area contributed by atoms with E-state index in [4.69, 9.17) is 0 Å². The highest BCUT2D eigenvalue weighted by Crippen LogP contribution is 2.17. The van der Waals surface area contributed by atoms with E-state index in [1.807, 2.05) is 0 Å². The summed E-state index contributed by atoms with van der Waals surface area (Å²) in [4.78, 5) is 0. The molecule has 0 aliphatic rings. The number of thioether (sulfide) groups is 1. The molecule has 14 heavy (non-hydrogen) atoms. The lowest BCUT2D eigenvalue weighted by Crippen LogP contribution is -2.29. The predicted octanol–water partition coefficient (Wildman–Crippen LogP) is 3.69. The second kappa shape index (κ2) is 9.85. The summed E-state index contributed by atoms with van der Waals surface area (Å²) in [6.45, 7) is 10.3. The molecular weight excluding hydrogens is 190 g/mol. The number of unbranched alkanes of at least 4 members (excludes halogenated alkanes) is 1. The first-order valence-electron chi connectivity index (χ1n) is 6.05. The zero-order valence-corrected chi connectivity index (χ0v) is 11.1. The zero-order chi connectivity index (χ0) is 10.8. The van der Waals surface area contributed by atoms with Gasteiger partial charge < -0.3 is 5.32 Å². The molecule has 0 bridgehead atoms. The second-order valence-corrected chi connectivity index (χ2v) is 5.67. The minimum absolute atomic E-state index is 0.680. The molecule has 0 amide bonds. The van der Waals surface area contributed by atoms with E-state index in [2.05, 4.69) is 44.8 Å². The lowest BCUT2D eigenvalue weighted by molar-refractivity contribution is 0.513. The number of hydrogen-bond donors (Lipinski definition) is 1. The van der Waals surface area contributed by atoms with Gasteiger partial charge in [-0.15, -0.1) is 0 Å². The van der Waals surface area contributed by atoms with Crippen molar-refractivity contribution in [2.45, 2.75) is 64.7 Å². The van der Waals surface area contributed by atoms with Gasteiger partial charge in [0.15, 0.2) is 0 Å². The minimum atomic E-state index is 0.680. The van der Waals surface area contributed by atoms with Gasteiger partial charge in [-0.3, -0.25) is 0 Å². The summed E-state index contributed by atoms with van der Waals surface area (Å²) < 4.78 is 0. The lowest BCUT2D eigenvalue weighted by Gasteiger charge is -2.17. The van der Waals surface area contributed by atoms with Gasteiger partial charge in [0.2, 0.25) is 0 Å². The van der Waals surface area contributed by atoms with Crippen LogP contribution in [-0.2, 0) is 0 Å². The van der Waals surface area contributed by atoms with Crippen LogP contribution < -0.4 is 5.32 Å². The van der Waals surface area contributed by atoms with Crippen molar-refractivity contribution in [3.8, 4) is 0 Å². The molecule has 2 unspecified atom stereocenters. The number of rotatable bonds is 9. The van der Waals surface area contributed by atoms with Crippen molar-refractivity contribution >= 4 is 11.8 Å². The molecule has 0 heterocycles. The fourth-order valence-electron chi connectivity index (χ4n) is 1.47. The average Bonchev–Trinajstić information content (AvgIpc) is 2.15. The summed E-state index contributed by atoms with van der Waals surface area (Å²) in [5.41, 5.74) is 0. The fourth-order valence-corrected chi connectivity index (χ4v) is 2.75. The molecule has 2 heteroatoms. The van der Waals surface area contributed by atoms with Gasteiger partial charge in [-0.2, -0.15) is 11.8 Å². The Morgan fingerprint density at radius 1 is 1.14 bits per heavy atom. The summed E-state index contributed by atoms with van der Waals surface area (Å²) >= 11 is 2.12. The van der Waals surface area contributed by atoms with Gasteiger partial charge in [0.25, 0.3) is 0 Å². The van der Waals surface area contributed by atoms with Crippen LogP contribution in [0, 0.1) is 0 Å². The molecule has 2 atom stereocenters. The quantitative estimate of drug-likeness (QED) is 0.591. The van der Waals surface area contributed by atoms with Gasteiger partial charge in [0.05, 0.1) is 0 Å². The van der Waals surface area contributed by atoms with Crippen molar-refractivity contribution in [1.29, 1.82) is 0 Å². The third-order valence-electron chi connectivity index (χ3n) is 2.33. The molecule has 0 aliphatic heterocycles. The van der Waals surface area contributed by atoms with E-state index in [9.17, 15) is 0 Å². The van der Waals surface area contributed by atoms with Crippen LogP contribution in [0.2, 0.25) is 0 Å². The van der Waals surface area contributed by atoms with Crippen molar-refractivity contribution in [3.63, 3.8) is 0 Å². The monoisotopic (exact) mass is 217 g/mol. The fraction of sp³-hybridized carbons (Fsp3) is 1.00. The Morgan fingerprint density at radius 2 is 1.86 bits per heavy atom. The van der Waals surface area contributed by atoms with Crippen molar-refractivity contribution < 1.29 is 0 Å². The van der Waals surface area contributed by atoms with Crippen LogP contribution in [0.25, 0.3) is 0 Å². The van der Waals surface area contributed by atoms with E-state index in [1.54, 1.807) is 0 Å². The molecule has 0 aromatic heterocycles. The molecule has 0 saturated carbocycles. The smallest absolute Gasteiger partial charge is 0.00491 e. The third-order valence-corrected chi connectivity index (χ3v) is 3.61. The first-order chi connectivity index (χ1) is 6.70. The normalized spacial score (nSPS) is 15.4. The first kappa shape index (κ1) is 14.3. The highest BCUT2D eigenvalue weighted by atomic mass is 32.2. The summed E-state index contributed by atoms with van der Waals surface area (Å²) in [7, 11) is 0. The van der Waals surface area contributed by atoms with Gasteiger partial charge >= 0.3 is 0 Å². The SMILES string of the molecule is CCCCSC(C)CC(C)NCCC. The molecular formula is C12H27NS. The Bertz CT molecular complexity index is 117. The topological polar surface area (TPSA) is 12.0 Å². The average molecular weight is 217 g/mol. The maximum Gasteiger partial charge on any atom is 0.00491 e. The molecule has 0 aromatic carbocycles. The Morgan fingerprint density at radius 3 is 2.43 bits per heavy atom. The molecule has 1 N–H and O–H groups in total. The zero-order valence-electron chi connectivity index (χ0n) is 10.3. The largest absolute Gasteiger partial charge is 0.314 e. The van der Waals surface area contributed by atoms with Crippen molar-refractivity contribution in [3.05, 3.63) is 0 Å². The van der Waals surface area contributed by atoms with Gasteiger partial charge in [0, 0.05) is 11.3 Å². The molecule has 1 nitrogen and oxygen atoms in total. The summed E-state index contributed by atoms with van der Waals surface area (Å²) in [5.74, 6) is 1.33. The van der Waals surface area contributed by atoms with Crippen molar-refractivity contribution in [2.24, 2.45) is 0 Å². The van der Waals surface area contributed by atoms with Gasteiger partial charge in [-0.25, -0.2) is 0 Å². The number of nitrogens with one attached hydrogen (secondary N) is 1. The van der Waals surface area contributed by atoms with Crippen LogP contribution in [0.15, 0.2) is 0 Å². The van der Waals surface area contributed by atoms with Crippen LogP contribution in [0.1, 0.15) is 53.4 Å². The van der Waals surface area contributed by atoms with Crippen molar-refractivity contribution in [1.82, 2.24) is 5.32 Å². The van der Waals surface area contributed by atoms with Crippen LogP contribution in [0.5, 0.6) is 0 Å². The van der Waals surface area contributed by atoms with Gasteiger partial charge in [0.1, 0.15) is 0 Å². The molecule has 0 fully saturated rings. The van der Waals surface area contributed by atoms with Crippen LogP contribution in [0.3, 0.4) is 0 Å². The third kappa shape index (κ3) is 8.89. The molecule has 0 spiro atoms. The summed E-state index contributed by atoms with van der Waals surface area (Å²) in [6, 6.07) is 0.680. The molecule has 0 radical (unpaired) electrons. The Balaban J connectivity index is 3.35. The van der Waals surface area contributed by atoms with Crippen molar-refractivity contribution in [2.75, 3.05) is 12.3 Å². The van der Waals surface area contributed by atoms with E-state index < -0.39 is 0 Å². The Kier molecular flexibility index (Phi) is 10.1. The maximum atomic E-state index is 3.54. The van der Waals surface area contributed by atoms with E-state index in [0.717, 1.165) is 11.8 Å². The van der Waals surface area contributed by atoms with E-state index in [-0.39, 0.29) is 0 Å². The van der Waals surface area contributed by atoms with E-state index >= 15 is 0 Å². The second-order valence-electron chi connectivity index (χ2n) is 4.13. The molecule has 0 aliphatic carbocycles. The maximum absolute atomic E-state index is 3.54. The van der Waals surface area contributed by atoms with Gasteiger partial charge in [-0.05, 0) is 38.5 Å². The predicted molar refractivity (Wildman–Crippen MR) is 69.2 cm³/mol. The summed E-state index contributed by atoms with van der Waals surface area (Å²) in [6.07, 6.45) is 5.23. The Labute approximate surface area is 94.4 Å². The first-order valence-corrected chi connectivity index (χ1v) is 7.10. The lowest BCUT2D eigenvalue weighted by atomic mass is 10.2. The highest BCUT2D eigenvalue weighted by molar-refractivity contribution is 7.99. The van der Waals surface area contributed by atoms with Crippen LogP contribution in [0.4, 0.5) is 0 Å². The molecule has 0 aromatic rings. The van der Waals surface area contributed by atoms with E-state index in [1.165, 1.54) is 31.4 Å². The Hall–Kier alpha value is 0.310.